The molecule has 1 amide bonds. The fraction of sp³-hybridized carbons (Fsp3) is 0.429. The highest BCUT2D eigenvalue weighted by Crippen LogP contribution is 2.30. The number of hydrogen-bond acceptors (Lipinski definition) is 6. The van der Waals surface area contributed by atoms with Crippen molar-refractivity contribution >= 4 is 29.3 Å². The maximum atomic E-state index is 13.5. The van der Waals surface area contributed by atoms with Crippen LogP contribution in [-0.4, -0.2) is 39.0 Å². The summed E-state index contributed by atoms with van der Waals surface area (Å²) in [5.41, 5.74) is 1.09. The van der Waals surface area contributed by atoms with Crippen LogP contribution in [0.25, 0.3) is 0 Å². The molecule has 1 heterocycles. The lowest BCUT2D eigenvalue weighted by Gasteiger charge is -2.23. The van der Waals surface area contributed by atoms with Gasteiger partial charge in [0.25, 0.3) is 0 Å². The molecule has 4 N–H and O–H groups in total. The van der Waals surface area contributed by atoms with Crippen LogP contribution in [0.15, 0.2) is 30.5 Å². The van der Waals surface area contributed by atoms with E-state index in [9.17, 15) is 14.0 Å². The first-order valence-corrected chi connectivity index (χ1v) is 9.96. The number of carboxylic acid groups (broad SMARTS) is 1. The Balaban J connectivity index is 1.75. The second-order valence-corrected chi connectivity index (χ2v) is 7.66. The molecule has 8 nitrogen and oxygen atoms in total. The molecule has 1 aromatic heterocycles. The van der Waals surface area contributed by atoms with E-state index < -0.39 is 12.6 Å². The van der Waals surface area contributed by atoms with Crippen molar-refractivity contribution in [1.82, 2.24) is 15.3 Å². The van der Waals surface area contributed by atoms with Crippen molar-refractivity contribution < 1.29 is 19.1 Å². The van der Waals surface area contributed by atoms with E-state index in [4.69, 9.17) is 5.11 Å². The van der Waals surface area contributed by atoms with Gasteiger partial charge in [-0.1, -0.05) is 6.42 Å². The second kappa shape index (κ2) is 9.51. The average Bonchev–Trinajstić information content (AvgIpc) is 3.16. The van der Waals surface area contributed by atoms with Gasteiger partial charge < -0.3 is 21.1 Å². The molecule has 9 heteroatoms. The highest BCUT2D eigenvalue weighted by atomic mass is 19.1. The Labute approximate surface area is 174 Å². The summed E-state index contributed by atoms with van der Waals surface area (Å²) in [6.45, 7) is 3.11. The predicted octanol–water partition coefficient (Wildman–Crippen LogP) is 3.49. The topological polar surface area (TPSA) is 116 Å². The van der Waals surface area contributed by atoms with Gasteiger partial charge in [-0.25, -0.2) is 14.2 Å². The summed E-state index contributed by atoms with van der Waals surface area (Å²) >= 11 is 0. The van der Waals surface area contributed by atoms with Crippen molar-refractivity contribution in [3.8, 4) is 0 Å². The van der Waals surface area contributed by atoms with Gasteiger partial charge in [0.15, 0.2) is 0 Å². The Hall–Kier alpha value is -3.23. The van der Waals surface area contributed by atoms with Crippen LogP contribution in [0.5, 0.6) is 0 Å². The Morgan fingerprint density at radius 2 is 1.97 bits per heavy atom. The number of alkyl halides is 1. The van der Waals surface area contributed by atoms with Crippen molar-refractivity contribution in [1.29, 1.82) is 0 Å². The van der Waals surface area contributed by atoms with E-state index in [1.807, 2.05) is 13.8 Å². The first-order chi connectivity index (χ1) is 14.4. The lowest BCUT2D eigenvalue weighted by atomic mass is 10.0. The third-order valence-corrected chi connectivity index (χ3v) is 5.00. The van der Waals surface area contributed by atoms with Crippen molar-refractivity contribution in [2.24, 2.45) is 5.92 Å². The second-order valence-electron chi connectivity index (χ2n) is 7.66. The number of benzene rings is 1. The van der Waals surface area contributed by atoms with Gasteiger partial charge in [-0.2, -0.15) is 4.98 Å². The molecule has 1 aromatic carbocycles. The molecule has 0 unspecified atom stereocenters. The van der Waals surface area contributed by atoms with Gasteiger partial charge >= 0.3 is 5.97 Å². The number of anilines is 3. The molecule has 1 aliphatic rings. The lowest BCUT2D eigenvalue weighted by Crippen LogP contribution is -2.41. The number of nitrogens with zero attached hydrogens (tertiary/aromatic N) is 2. The zero-order valence-corrected chi connectivity index (χ0v) is 17.0. The summed E-state index contributed by atoms with van der Waals surface area (Å²) in [5, 5.41) is 18.2. The molecule has 0 aliphatic heterocycles. The minimum absolute atomic E-state index is 0.00674. The normalized spacial score (nSPS) is 18.3. The summed E-state index contributed by atoms with van der Waals surface area (Å²) in [4.78, 5) is 32.0. The third kappa shape index (κ3) is 5.22. The highest BCUT2D eigenvalue weighted by Gasteiger charge is 2.33. The molecule has 1 aliphatic carbocycles. The smallest absolute Gasteiger partial charge is 0.335 e. The number of carbonyl (C=O) groups excluding carboxylic acids is 1. The van der Waals surface area contributed by atoms with Crippen LogP contribution < -0.4 is 16.0 Å². The molecular weight excluding hydrogens is 389 g/mol. The van der Waals surface area contributed by atoms with Crippen LogP contribution in [0.2, 0.25) is 0 Å². The van der Waals surface area contributed by atoms with E-state index >= 15 is 0 Å². The molecule has 0 radical (unpaired) electrons. The fourth-order valence-corrected chi connectivity index (χ4v) is 3.53. The van der Waals surface area contributed by atoms with E-state index in [0.29, 0.717) is 17.1 Å². The number of aromatic carboxylic acids is 1. The Morgan fingerprint density at radius 3 is 2.60 bits per heavy atom. The molecule has 30 heavy (non-hydrogen) atoms. The van der Waals surface area contributed by atoms with Crippen molar-refractivity contribution in [3.05, 3.63) is 41.6 Å². The van der Waals surface area contributed by atoms with Gasteiger partial charge in [0.2, 0.25) is 11.9 Å². The van der Waals surface area contributed by atoms with Gasteiger partial charge in [0.1, 0.15) is 12.5 Å². The lowest BCUT2D eigenvalue weighted by molar-refractivity contribution is -0.125. The van der Waals surface area contributed by atoms with E-state index in [0.717, 1.165) is 19.3 Å². The third-order valence-electron chi connectivity index (χ3n) is 5.00. The minimum Gasteiger partial charge on any atom is -0.478 e. The number of carbonyl (C=O) groups is 2. The Morgan fingerprint density at radius 1 is 1.23 bits per heavy atom. The molecule has 0 saturated heterocycles. The zero-order valence-electron chi connectivity index (χ0n) is 17.0. The number of halogens is 1. The Kier molecular flexibility index (Phi) is 6.81. The van der Waals surface area contributed by atoms with Crippen LogP contribution in [0.3, 0.4) is 0 Å². The highest BCUT2D eigenvalue weighted by molar-refractivity contribution is 5.88. The van der Waals surface area contributed by atoms with Crippen LogP contribution in [0.1, 0.15) is 49.0 Å². The standard InChI is InChI=1S/C21H26FN5O3/c1-12(2)24-19(28)16-4-3-5-17(16)26-18-14(10-22)11-23-21(27-18)25-15-8-6-13(7-9-15)20(29)30/h6-9,11-12,16-17H,3-5,10H2,1-2H3,(H,24,28)(H,29,30)(H2,23,25,26,27)/t16-,17+/m1/s1. The molecule has 3 rings (SSSR count). The maximum absolute atomic E-state index is 13.5. The first kappa shape index (κ1) is 21.5. The number of nitrogens with one attached hydrogen (secondary N) is 3. The summed E-state index contributed by atoms with van der Waals surface area (Å²) in [7, 11) is 0. The van der Waals surface area contributed by atoms with Crippen LogP contribution in [0, 0.1) is 5.92 Å². The number of amides is 1. The van der Waals surface area contributed by atoms with Gasteiger partial charge in [-0.05, 0) is 51.0 Å². The molecule has 0 bridgehead atoms. The quantitative estimate of drug-likeness (QED) is 0.521. The predicted molar refractivity (Wildman–Crippen MR) is 112 cm³/mol. The van der Waals surface area contributed by atoms with Crippen LogP contribution >= 0.6 is 0 Å². The van der Waals surface area contributed by atoms with Gasteiger partial charge in [0.05, 0.1) is 11.5 Å². The maximum Gasteiger partial charge on any atom is 0.335 e. The van der Waals surface area contributed by atoms with Gasteiger partial charge in [-0.15, -0.1) is 0 Å². The van der Waals surface area contributed by atoms with Gasteiger partial charge in [0, 0.05) is 29.5 Å². The minimum atomic E-state index is -1.01. The Bertz CT molecular complexity index is 904. The van der Waals surface area contributed by atoms with Crippen molar-refractivity contribution in [2.45, 2.75) is 51.9 Å². The monoisotopic (exact) mass is 415 g/mol. The number of aromatic nitrogens is 2. The van der Waals surface area contributed by atoms with Crippen LogP contribution in [-0.2, 0) is 11.5 Å². The molecule has 160 valence electrons. The molecule has 0 spiro atoms. The molecule has 1 fully saturated rings. The van der Waals surface area contributed by atoms with Crippen molar-refractivity contribution in [3.63, 3.8) is 0 Å². The summed E-state index contributed by atoms with van der Waals surface area (Å²) in [5.74, 6) is -0.614. The van der Waals surface area contributed by atoms with E-state index in [2.05, 4.69) is 25.9 Å². The van der Waals surface area contributed by atoms with E-state index in [1.54, 1.807) is 12.1 Å². The van der Waals surface area contributed by atoms with E-state index in [-0.39, 0.29) is 35.4 Å². The SMILES string of the molecule is CC(C)NC(=O)[C@@H]1CCC[C@@H]1Nc1nc(Nc2ccc(C(=O)O)cc2)ncc1CF. The number of rotatable bonds is 8. The summed E-state index contributed by atoms with van der Waals surface area (Å²) < 4.78 is 13.5. The molecular formula is C21H26FN5O3. The largest absolute Gasteiger partial charge is 0.478 e. The van der Waals surface area contributed by atoms with Crippen molar-refractivity contribution in [2.75, 3.05) is 10.6 Å². The van der Waals surface area contributed by atoms with E-state index in [1.165, 1.54) is 18.3 Å². The molecule has 1 saturated carbocycles. The number of hydrogen-bond donors (Lipinski definition) is 4. The molecule has 2 aromatic rings. The summed E-state index contributed by atoms with van der Waals surface area (Å²) in [6.07, 6.45) is 3.88. The molecule has 2 atom stereocenters. The fourth-order valence-electron chi connectivity index (χ4n) is 3.53. The van der Waals surface area contributed by atoms with Crippen LogP contribution in [0.4, 0.5) is 21.8 Å². The average molecular weight is 415 g/mol. The summed E-state index contributed by atoms with van der Waals surface area (Å²) in [6, 6.07) is 6.07. The first-order valence-electron chi connectivity index (χ1n) is 9.96. The van der Waals surface area contributed by atoms with Gasteiger partial charge in [-0.3, -0.25) is 4.79 Å². The zero-order chi connectivity index (χ0) is 21.7. The number of carboxylic acids is 1.